The SMILES string of the molecule is CC(=O)NC1=NC(=O)/C(=C\c2cc(Br)cc(Br)c2OCc2cccc(F)c2)S1. The highest BCUT2D eigenvalue weighted by Gasteiger charge is 2.23. The Bertz CT molecular complexity index is 1020. The molecular weight excluding hydrogens is 515 g/mol. The Morgan fingerprint density at radius 3 is 2.82 bits per heavy atom. The van der Waals surface area contributed by atoms with Gasteiger partial charge in [-0.05, 0) is 63.6 Å². The number of hydrogen-bond donors (Lipinski definition) is 1. The highest BCUT2D eigenvalue weighted by Crippen LogP contribution is 2.37. The molecule has 0 atom stereocenters. The molecule has 9 heteroatoms. The molecule has 1 N–H and O–H groups in total. The van der Waals surface area contributed by atoms with E-state index in [1.54, 1.807) is 24.3 Å². The number of hydrogen-bond acceptors (Lipinski definition) is 4. The van der Waals surface area contributed by atoms with E-state index >= 15 is 0 Å². The second-order valence-electron chi connectivity index (χ2n) is 5.74. The van der Waals surface area contributed by atoms with E-state index in [1.807, 2.05) is 6.07 Å². The number of nitrogens with one attached hydrogen (secondary N) is 1. The number of amides is 2. The van der Waals surface area contributed by atoms with Crippen LogP contribution in [0.15, 0.2) is 55.2 Å². The molecule has 0 bridgehead atoms. The number of amidine groups is 1. The first-order valence-electron chi connectivity index (χ1n) is 7.98. The third-order valence-corrected chi connectivity index (χ3v) is 5.45. The lowest BCUT2D eigenvalue weighted by atomic mass is 10.1. The van der Waals surface area contributed by atoms with Crippen LogP contribution in [-0.4, -0.2) is 17.0 Å². The molecule has 0 fully saturated rings. The highest BCUT2D eigenvalue weighted by molar-refractivity contribution is 9.11. The molecule has 0 saturated carbocycles. The molecule has 28 heavy (non-hydrogen) atoms. The quantitative estimate of drug-likeness (QED) is 0.566. The number of thioether (sulfide) groups is 1. The lowest BCUT2D eigenvalue weighted by Gasteiger charge is -2.13. The Balaban J connectivity index is 1.87. The predicted molar refractivity (Wildman–Crippen MR) is 114 cm³/mol. The van der Waals surface area contributed by atoms with E-state index in [-0.39, 0.29) is 23.5 Å². The van der Waals surface area contributed by atoms with Gasteiger partial charge in [-0.25, -0.2) is 4.39 Å². The summed E-state index contributed by atoms with van der Waals surface area (Å²) < 4.78 is 20.7. The Kier molecular flexibility index (Phi) is 6.69. The standard InChI is InChI=1S/C19H13Br2FN2O3S/c1-10(25)23-19-24-18(26)16(28-19)7-12-6-13(20)8-15(21)17(12)27-9-11-3-2-4-14(22)5-11/h2-8H,9H2,1H3,(H,23,24,25,26)/b16-7+. The third kappa shape index (κ3) is 5.30. The number of ether oxygens (including phenoxy) is 1. The summed E-state index contributed by atoms with van der Waals surface area (Å²) in [5.74, 6) is -0.583. The molecule has 0 saturated heterocycles. The smallest absolute Gasteiger partial charge is 0.286 e. The summed E-state index contributed by atoms with van der Waals surface area (Å²) in [6, 6.07) is 9.74. The van der Waals surface area contributed by atoms with Crippen molar-refractivity contribution in [2.75, 3.05) is 0 Å². The Hall–Kier alpha value is -1.97. The minimum absolute atomic E-state index is 0.156. The van der Waals surface area contributed by atoms with E-state index < -0.39 is 5.91 Å². The van der Waals surface area contributed by atoms with Crippen LogP contribution in [0, 0.1) is 5.82 Å². The van der Waals surface area contributed by atoms with Crippen LogP contribution in [0.1, 0.15) is 18.1 Å². The number of carbonyl (C=O) groups excluding carboxylic acids is 2. The van der Waals surface area contributed by atoms with E-state index in [4.69, 9.17) is 4.74 Å². The summed E-state index contributed by atoms with van der Waals surface area (Å²) in [4.78, 5) is 27.5. The summed E-state index contributed by atoms with van der Waals surface area (Å²) >= 11 is 7.95. The van der Waals surface area contributed by atoms with E-state index in [0.29, 0.717) is 26.3 Å². The van der Waals surface area contributed by atoms with Crippen molar-refractivity contribution in [1.29, 1.82) is 0 Å². The zero-order chi connectivity index (χ0) is 20.3. The molecule has 1 heterocycles. The van der Waals surface area contributed by atoms with E-state index in [2.05, 4.69) is 42.2 Å². The summed E-state index contributed by atoms with van der Waals surface area (Å²) in [5.41, 5.74) is 1.31. The predicted octanol–water partition coefficient (Wildman–Crippen LogP) is 5.04. The largest absolute Gasteiger partial charge is 0.487 e. The normalized spacial score (nSPS) is 14.9. The maximum Gasteiger partial charge on any atom is 0.286 e. The van der Waals surface area contributed by atoms with Crippen LogP contribution >= 0.6 is 43.6 Å². The molecule has 0 spiro atoms. The monoisotopic (exact) mass is 526 g/mol. The first kappa shape index (κ1) is 20.8. The van der Waals surface area contributed by atoms with Gasteiger partial charge in [-0.3, -0.25) is 9.59 Å². The van der Waals surface area contributed by atoms with Gasteiger partial charge in [0, 0.05) is 17.0 Å². The summed E-state index contributed by atoms with van der Waals surface area (Å²) in [5, 5.41) is 2.74. The van der Waals surface area contributed by atoms with Crippen LogP contribution in [0.4, 0.5) is 4.39 Å². The maximum atomic E-state index is 13.4. The van der Waals surface area contributed by atoms with Crippen LogP contribution in [0.2, 0.25) is 0 Å². The zero-order valence-electron chi connectivity index (χ0n) is 14.5. The van der Waals surface area contributed by atoms with Crippen LogP contribution in [0.3, 0.4) is 0 Å². The van der Waals surface area contributed by atoms with Crippen molar-refractivity contribution >= 4 is 66.7 Å². The van der Waals surface area contributed by atoms with Crippen LogP contribution in [-0.2, 0) is 16.2 Å². The number of aliphatic imine (C=N–C) groups is 1. The number of halogens is 3. The van der Waals surface area contributed by atoms with Gasteiger partial charge in [0.2, 0.25) is 5.91 Å². The number of nitrogens with zero attached hydrogens (tertiary/aromatic N) is 1. The van der Waals surface area contributed by atoms with Gasteiger partial charge in [0.25, 0.3) is 5.91 Å². The van der Waals surface area contributed by atoms with Gasteiger partial charge < -0.3 is 10.1 Å². The number of benzene rings is 2. The average molecular weight is 528 g/mol. The number of carbonyl (C=O) groups is 2. The average Bonchev–Trinajstić information content (AvgIpc) is 2.92. The van der Waals surface area contributed by atoms with Gasteiger partial charge in [0.05, 0.1) is 9.38 Å². The summed E-state index contributed by atoms with van der Waals surface area (Å²) in [6.07, 6.45) is 1.64. The fourth-order valence-corrected chi connectivity index (χ4v) is 4.60. The summed E-state index contributed by atoms with van der Waals surface area (Å²) in [6.45, 7) is 1.50. The van der Waals surface area contributed by atoms with Crippen molar-refractivity contribution in [2.45, 2.75) is 13.5 Å². The Morgan fingerprint density at radius 2 is 2.11 bits per heavy atom. The minimum atomic E-state index is -0.444. The fourth-order valence-electron chi connectivity index (χ4n) is 2.38. The van der Waals surface area contributed by atoms with Gasteiger partial charge in [0.15, 0.2) is 5.17 Å². The molecule has 0 radical (unpaired) electrons. The lowest BCUT2D eigenvalue weighted by Crippen LogP contribution is -2.23. The molecule has 144 valence electrons. The third-order valence-electron chi connectivity index (χ3n) is 3.50. The molecular formula is C19H13Br2FN2O3S. The van der Waals surface area contributed by atoms with Crippen molar-refractivity contribution in [3.8, 4) is 5.75 Å². The van der Waals surface area contributed by atoms with Gasteiger partial charge in [-0.2, -0.15) is 4.99 Å². The second-order valence-corrected chi connectivity index (χ2v) is 8.54. The molecule has 1 aliphatic rings. The van der Waals surface area contributed by atoms with E-state index in [0.717, 1.165) is 16.2 Å². The van der Waals surface area contributed by atoms with Crippen molar-refractivity contribution < 1.29 is 18.7 Å². The first-order chi connectivity index (χ1) is 13.3. The van der Waals surface area contributed by atoms with Crippen LogP contribution in [0.5, 0.6) is 5.75 Å². The molecule has 1 aliphatic heterocycles. The van der Waals surface area contributed by atoms with Crippen LogP contribution < -0.4 is 10.1 Å². The lowest BCUT2D eigenvalue weighted by molar-refractivity contribution is -0.117. The molecule has 2 aromatic rings. The number of rotatable bonds is 4. The molecule has 0 aliphatic carbocycles. The van der Waals surface area contributed by atoms with Crippen LogP contribution in [0.25, 0.3) is 6.08 Å². The minimum Gasteiger partial charge on any atom is -0.487 e. The Labute approximate surface area is 181 Å². The summed E-state index contributed by atoms with van der Waals surface area (Å²) in [7, 11) is 0. The molecule has 2 amide bonds. The first-order valence-corrected chi connectivity index (χ1v) is 10.4. The van der Waals surface area contributed by atoms with Crippen molar-refractivity contribution in [3.63, 3.8) is 0 Å². The van der Waals surface area contributed by atoms with Gasteiger partial charge in [-0.15, -0.1) is 0 Å². The topological polar surface area (TPSA) is 67.8 Å². The Morgan fingerprint density at radius 1 is 1.32 bits per heavy atom. The maximum absolute atomic E-state index is 13.4. The molecule has 3 rings (SSSR count). The van der Waals surface area contributed by atoms with Crippen molar-refractivity contribution in [1.82, 2.24) is 5.32 Å². The van der Waals surface area contributed by atoms with E-state index in [1.165, 1.54) is 19.1 Å². The van der Waals surface area contributed by atoms with E-state index in [9.17, 15) is 14.0 Å². The zero-order valence-corrected chi connectivity index (χ0v) is 18.5. The fraction of sp³-hybridized carbons (Fsp3) is 0.105. The molecule has 0 aromatic heterocycles. The second kappa shape index (κ2) is 9.02. The molecule has 0 unspecified atom stereocenters. The molecule has 2 aromatic carbocycles. The van der Waals surface area contributed by atoms with Crippen molar-refractivity contribution in [2.24, 2.45) is 4.99 Å². The van der Waals surface area contributed by atoms with Gasteiger partial charge >= 0.3 is 0 Å². The van der Waals surface area contributed by atoms with Gasteiger partial charge in [0.1, 0.15) is 18.2 Å². The highest BCUT2D eigenvalue weighted by atomic mass is 79.9. The molecule has 5 nitrogen and oxygen atoms in total. The van der Waals surface area contributed by atoms with Crippen molar-refractivity contribution in [3.05, 3.63) is 67.2 Å². The van der Waals surface area contributed by atoms with Gasteiger partial charge in [-0.1, -0.05) is 28.1 Å².